The average molecular weight is 360 g/mol. The molecule has 0 unspecified atom stereocenters. The molecule has 2 aromatic heterocycles. The van der Waals surface area contributed by atoms with Crippen LogP contribution in [0.1, 0.15) is 0 Å². The molecule has 2 aromatic carbocycles. The van der Waals surface area contributed by atoms with E-state index in [-0.39, 0.29) is 5.75 Å². The number of halogens is 2. The first-order valence-electron chi connectivity index (χ1n) is 6.31. The fraction of sp³-hybridized carbons (Fsp3) is 0. The Hall–Kier alpha value is -1.91. The molecule has 1 N–H and O–H groups in total. The lowest BCUT2D eigenvalue weighted by Gasteiger charge is -2.09. The Labute approximate surface area is 133 Å². The van der Waals surface area contributed by atoms with Crippen LogP contribution in [0.5, 0.6) is 5.75 Å². The molecule has 3 nitrogen and oxygen atoms in total. The SMILES string of the molecule is Oc1c2ccccc2nc2nc3ccc(Br)cc3c(Cl)c12. The minimum atomic E-state index is 0.120. The van der Waals surface area contributed by atoms with Gasteiger partial charge in [-0.15, -0.1) is 0 Å². The topological polar surface area (TPSA) is 46.0 Å². The molecule has 2 heterocycles. The van der Waals surface area contributed by atoms with E-state index in [0.29, 0.717) is 27.0 Å². The van der Waals surface area contributed by atoms with E-state index in [0.717, 1.165) is 15.4 Å². The fourth-order valence-electron chi connectivity index (χ4n) is 2.50. The molecule has 4 rings (SSSR count). The standard InChI is InChI=1S/C16H8BrClN2O/c17-8-5-6-12-10(7-8)14(18)13-15(21)9-3-1-2-4-11(9)19-16(13)20-12/h1-7H,(H,19,20,21). The number of pyridine rings is 2. The Morgan fingerprint density at radius 1 is 0.952 bits per heavy atom. The lowest BCUT2D eigenvalue weighted by Crippen LogP contribution is -1.90. The normalized spacial score (nSPS) is 11.5. The van der Waals surface area contributed by atoms with E-state index in [4.69, 9.17) is 11.6 Å². The van der Waals surface area contributed by atoms with Gasteiger partial charge in [0, 0.05) is 15.2 Å². The van der Waals surface area contributed by atoms with Crippen LogP contribution in [0.4, 0.5) is 0 Å². The first-order valence-corrected chi connectivity index (χ1v) is 7.48. The van der Waals surface area contributed by atoms with Crippen molar-refractivity contribution in [3.05, 3.63) is 52.0 Å². The van der Waals surface area contributed by atoms with Crippen LogP contribution in [0.2, 0.25) is 5.02 Å². The van der Waals surface area contributed by atoms with Crippen LogP contribution in [0.15, 0.2) is 46.9 Å². The average Bonchev–Trinajstić information content (AvgIpc) is 2.48. The number of benzene rings is 2. The van der Waals surface area contributed by atoms with Crippen molar-refractivity contribution in [3.63, 3.8) is 0 Å². The number of hydrogen-bond donors (Lipinski definition) is 1. The largest absolute Gasteiger partial charge is 0.506 e. The summed E-state index contributed by atoms with van der Waals surface area (Å²) in [5.74, 6) is 0.120. The van der Waals surface area contributed by atoms with Crippen molar-refractivity contribution in [2.75, 3.05) is 0 Å². The number of nitrogens with zero attached hydrogens (tertiary/aromatic N) is 2. The molecular weight excluding hydrogens is 352 g/mol. The highest BCUT2D eigenvalue weighted by Gasteiger charge is 2.15. The molecule has 4 aromatic rings. The van der Waals surface area contributed by atoms with E-state index < -0.39 is 0 Å². The van der Waals surface area contributed by atoms with Crippen LogP contribution in [-0.4, -0.2) is 15.1 Å². The summed E-state index contributed by atoms with van der Waals surface area (Å²) in [5.41, 5.74) is 1.89. The molecule has 0 saturated heterocycles. The van der Waals surface area contributed by atoms with E-state index in [1.165, 1.54) is 0 Å². The molecule has 0 aliphatic heterocycles. The third kappa shape index (κ3) is 1.87. The number of hydrogen-bond acceptors (Lipinski definition) is 3. The molecule has 0 amide bonds. The summed E-state index contributed by atoms with van der Waals surface area (Å²) >= 11 is 9.92. The minimum Gasteiger partial charge on any atom is -0.506 e. The van der Waals surface area contributed by atoms with Gasteiger partial charge in [0.05, 0.1) is 21.4 Å². The summed E-state index contributed by atoms with van der Waals surface area (Å²) in [5, 5.41) is 12.9. The van der Waals surface area contributed by atoms with Crippen LogP contribution in [0.3, 0.4) is 0 Å². The Balaban J connectivity index is 2.28. The number of para-hydroxylation sites is 1. The Bertz CT molecular complexity index is 1030. The Morgan fingerprint density at radius 3 is 2.48 bits per heavy atom. The van der Waals surface area contributed by atoms with Gasteiger partial charge in [-0.05, 0) is 30.3 Å². The lowest BCUT2D eigenvalue weighted by molar-refractivity contribution is 0.487. The van der Waals surface area contributed by atoms with Crippen molar-refractivity contribution in [1.29, 1.82) is 0 Å². The van der Waals surface area contributed by atoms with Crippen LogP contribution < -0.4 is 0 Å². The fourth-order valence-corrected chi connectivity index (χ4v) is 3.18. The third-order valence-corrected chi connectivity index (χ3v) is 4.37. The Morgan fingerprint density at radius 2 is 1.67 bits per heavy atom. The molecule has 0 spiro atoms. The number of aromatic hydroxyl groups is 1. The van der Waals surface area contributed by atoms with Gasteiger partial charge in [0.25, 0.3) is 0 Å². The quantitative estimate of drug-likeness (QED) is 0.446. The van der Waals surface area contributed by atoms with E-state index in [1.807, 2.05) is 42.5 Å². The smallest absolute Gasteiger partial charge is 0.165 e. The van der Waals surface area contributed by atoms with Gasteiger partial charge in [-0.1, -0.05) is 39.7 Å². The maximum absolute atomic E-state index is 10.5. The lowest BCUT2D eigenvalue weighted by atomic mass is 10.1. The van der Waals surface area contributed by atoms with Crippen molar-refractivity contribution in [2.45, 2.75) is 0 Å². The molecule has 102 valence electrons. The minimum absolute atomic E-state index is 0.120. The summed E-state index contributed by atoms with van der Waals surface area (Å²) < 4.78 is 0.909. The van der Waals surface area contributed by atoms with Gasteiger partial charge in [0.15, 0.2) is 5.65 Å². The highest BCUT2D eigenvalue weighted by molar-refractivity contribution is 9.10. The molecule has 0 bridgehead atoms. The molecule has 0 fully saturated rings. The van der Waals surface area contributed by atoms with Crippen LogP contribution >= 0.6 is 27.5 Å². The van der Waals surface area contributed by atoms with Crippen molar-refractivity contribution in [3.8, 4) is 5.75 Å². The predicted octanol–water partition coefficient (Wildman–Crippen LogP) is 5.06. The summed E-state index contributed by atoms with van der Waals surface area (Å²) in [6, 6.07) is 13.1. The van der Waals surface area contributed by atoms with Crippen molar-refractivity contribution >= 4 is 60.4 Å². The zero-order valence-corrected chi connectivity index (χ0v) is 13.0. The summed E-state index contributed by atoms with van der Waals surface area (Å²) in [6.45, 7) is 0. The van der Waals surface area contributed by atoms with E-state index >= 15 is 0 Å². The first kappa shape index (κ1) is 12.8. The van der Waals surface area contributed by atoms with Crippen LogP contribution in [0.25, 0.3) is 32.8 Å². The van der Waals surface area contributed by atoms with Gasteiger partial charge < -0.3 is 5.11 Å². The van der Waals surface area contributed by atoms with Crippen molar-refractivity contribution in [1.82, 2.24) is 9.97 Å². The van der Waals surface area contributed by atoms with Gasteiger partial charge in [-0.25, -0.2) is 9.97 Å². The molecule has 0 aliphatic rings. The molecule has 21 heavy (non-hydrogen) atoms. The zero-order valence-electron chi connectivity index (χ0n) is 10.6. The number of fused-ring (bicyclic) bond motifs is 3. The second kappa shape index (κ2) is 4.55. The molecular formula is C16H8BrClN2O. The number of rotatable bonds is 0. The molecule has 5 heteroatoms. The van der Waals surface area contributed by atoms with Crippen LogP contribution in [-0.2, 0) is 0 Å². The predicted molar refractivity (Wildman–Crippen MR) is 88.9 cm³/mol. The first-order chi connectivity index (χ1) is 10.1. The van der Waals surface area contributed by atoms with Gasteiger partial charge >= 0.3 is 0 Å². The van der Waals surface area contributed by atoms with Gasteiger partial charge in [0.2, 0.25) is 0 Å². The maximum Gasteiger partial charge on any atom is 0.165 e. The highest BCUT2D eigenvalue weighted by Crippen LogP contribution is 2.39. The van der Waals surface area contributed by atoms with E-state index in [9.17, 15) is 5.11 Å². The zero-order chi connectivity index (χ0) is 14.6. The van der Waals surface area contributed by atoms with Crippen molar-refractivity contribution < 1.29 is 5.11 Å². The van der Waals surface area contributed by atoms with Crippen LogP contribution in [0, 0.1) is 0 Å². The van der Waals surface area contributed by atoms with Gasteiger partial charge in [-0.3, -0.25) is 0 Å². The summed E-state index contributed by atoms with van der Waals surface area (Å²) in [6.07, 6.45) is 0. The highest BCUT2D eigenvalue weighted by atomic mass is 79.9. The maximum atomic E-state index is 10.5. The molecule has 0 radical (unpaired) electrons. The second-order valence-corrected chi connectivity index (χ2v) is 6.06. The van der Waals surface area contributed by atoms with E-state index in [2.05, 4.69) is 25.9 Å². The summed E-state index contributed by atoms with van der Waals surface area (Å²) in [4.78, 5) is 9.02. The van der Waals surface area contributed by atoms with Gasteiger partial charge in [0.1, 0.15) is 5.75 Å². The van der Waals surface area contributed by atoms with E-state index in [1.54, 1.807) is 0 Å². The third-order valence-electron chi connectivity index (χ3n) is 3.49. The van der Waals surface area contributed by atoms with Gasteiger partial charge in [-0.2, -0.15) is 0 Å². The number of aromatic nitrogens is 2. The molecule has 0 aliphatic carbocycles. The monoisotopic (exact) mass is 358 g/mol. The Kier molecular flexibility index (Phi) is 2.77. The molecule has 0 atom stereocenters. The molecule has 0 saturated carbocycles. The summed E-state index contributed by atoms with van der Waals surface area (Å²) in [7, 11) is 0. The second-order valence-electron chi connectivity index (χ2n) is 4.76. The van der Waals surface area contributed by atoms with Crippen molar-refractivity contribution in [2.24, 2.45) is 0 Å².